The lowest BCUT2D eigenvalue weighted by Crippen LogP contribution is -2.07. The summed E-state index contributed by atoms with van der Waals surface area (Å²) in [4.78, 5) is 9.47. The van der Waals surface area contributed by atoms with Gasteiger partial charge in [-0.25, -0.2) is 4.98 Å². The Kier molecular flexibility index (Phi) is 2.89. The van der Waals surface area contributed by atoms with E-state index in [1.807, 2.05) is 36.4 Å². The van der Waals surface area contributed by atoms with Gasteiger partial charge in [-0.05, 0) is 18.2 Å². The maximum Gasteiger partial charge on any atom is 0.272 e. The molecule has 0 amide bonds. The molecule has 3 aromatic rings. The van der Waals surface area contributed by atoms with E-state index in [-0.39, 0.29) is 11.6 Å². The Hall–Kier alpha value is -3.14. The van der Waals surface area contributed by atoms with Crippen molar-refractivity contribution in [3.05, 3.63) is 47.8 Å². The zero-order valence-electron chi connectivity index (χ0n) is 10.6. The summed E-state index contributed by atoms with van der Waals surface area (Å²) in [6, 6.07) is 13.1. The highest BCUT2D eigenvalue weighted by molar-refractivity contribution is 5.53. The van der Waals surface area contributed by atoms with Crippen LogP contribution in [0.15, 0.2) is 36.4 Å². The van der Waals surface area contributed by atoms with Crippen LogP contribution in [0.2, 0.25) is 0 Å². The molecule has 7 heteroatoms. The number of aromatic nitrogens is 6. The molecule has 0 aliphatic rings. The Balaban J connectivity index is 2.03. The van der Waals surface area contributed by atoms with Gasteiger partial charge in [-0.3, -0.25) is 0 Å². The average Bonchev–Trinajstić information content (AvgIpc) is 2.97. The minimum Gasteiger partial charge on any atom is -0.215 e. The van der Waals surface area contributed by atoms with Crippen molar-refractivity contribution in [2.24, 2.45) is 0 Å². The first-order valence-electron chi connectivity index (χ1n) is 5.88. The number of hydrogen-bond acceptors (Lipinski definition) is 6. The van der Waals surface area contributed by atoms with Gasteiger partial charge in [0.25, 0.3) is 5.95 Å². The fourth-order valence-corrected chi connectivity index (χ4v) is 1.70. The molecular weight excluding hydrogens is 254 g/mol. The van der Waals surface area contributed by atoms with Crippen LogP contribution >= 0.6 is 0 Å². The van der Waals surface area contributed by atoms with Gasteiger partial charge >= 0.3 is 0 Å². The van der Waals surface area contributed by atoms with Crippen molar-refractivity contribution in [3.63, 3.8) is 0 Å². The minimum absolute atomic E-state index is 0.233. The molecule has 0 aliphatic carbocycles. The molecule has 1 aromatic carbocycles. The monoisotopic (exact) mass is 263 g/mol. The number of benzene rings is 1. The summed E-state index contributed by atoms with van der Waals surface area (Å²) in [7, 11) is 0. The number of nitrogens with zero attached hydrogens (tertiary/aromatic N) is 7. The van der Waals surface area contributed by atoms with Gasteiger partial charge in [-0.15, -0.1) is 10.2 Å². The molecular formula is C13H9N7. The lowest BCUT2D eigenvalue weighted by molar-refractivity contribution is 0.674. The maximum absolute atomic E-state index is 8.91. The summed E-state index contributed by atoms with van der Waals surface area (Å²) in [6.45, 7) is 1.78. The maximum atomic E-state index is 8.91. The molecule has 0 saturated carbocycles. The quantitative estimate of drug-likeness (QED) is 0.691. The van der Waals surface area contributed by atoms with Crippen molar-refractivity contribution in [1.82, 2.24) is 30.2 Å². The molecule has 0 spiro atoms. The van der Waals surface area contributed by atoms with Crippen LogP contribution in [0, 0.1) is 18.3 Å². The van der Waals surface area contributed by atoms with Crippen molar-refractivity contribution >= 4 is 0 Å². The molecule has 3 rings (SSSR count). The second-order valence-corrected chi connectivity index (χ2v) is 4.07. The highest BCUT2D eigenvalue weighted by Crippen LogP contribution is 2.12. The van der Waals surface area contributed by atoms with E-state index in [1.165, 1.54) is 4.80 Å². The van der Waals surface area contributed by atoms with Crippen molar-refractivity contribution < 1.29 is 0 Å². The SMILES string of the molecule is Cc1cc(C#N)nc(-n2nnc(-c3ccccc3)n2)n1. The van der Waals surface area contributed by atoms with E-state index in [0.717, 1.165) is 5.56 Å². The molecule has 2 heterocycles. The van der Waals surface area contributed by atoms with Crippen molar-refractivity contribution in [2.75, 3.05) is 0 Å². The normalized spacial score (nSPS) is 10.2. The summed E-state index contributed by atoms with van der Waals surface area (Å²) in [5, 5.41) is 21.0. The van der Waals surface area contributed by atoms with E-state index in [1.54, 1.807) is 13.0 Å². The average molecular weight is 263 g/mol. The molecule has 96 valence electrons. The highest BCUT2D eigenvalue weighted by Gasteiger charge is 2.10. The third-order valence-corrected chi connectivity index (χ3v) is 2.58. The van der Waals surface area contributed by atoms with Gasteiger partial charge in [0, 0.05) is 11.3 Å². The van der Waals surface area contributed by atoms with Crippen LogP contribution in [0.5, 0.6) is 0 Å². The number of nitriles is 1. The van der Waals surface area contributed by atoms with Crippen molar-refractivity contribution in [2.45, 2.75) is 6.92 Å². The predicted molar refractivity (Wildman–Crippen MR) is 69.6 cm³/mol. The summed E-state index contributed by atoms with van der Waals surface area (Å²) in [6.07, 6.45) is 0. The van der Waals surface area contributed by atoms with Gasteiger partial charge in [-0.2, -0.15) is 10.2 Å². The van der Waals surface area contributed by atoms with Crippen LogP contribution in [-0.2, 0) is 0 Å². The first-order valence-corrected chi connectivity index (χ1v) is 5.88. The summed E-state index contributed by atoms with van der Waals surface area (Å²) >= 11 is 0. The fraction of sp³-hybridized carbons (Fsp3) is 0.0769. The Labute approximate surface area is 114 Å². The second-order valence-electron chi connectivity index (χ2n) is 4.07. The van der Waals surface area contributed by atoms with Crippen LogP contribution in [0.3, 0.4) is 0 Å². The standard InChI is InChI=1S/C13H9N7/c1-9-7-11(8-14)16-13(15-9)20-18-12(17-19-20)10-5-3-2-4-6-10/h2-7H,1H3. The lowest BCUT2D eigenvalue weighted by Gasteiger charge is -1.98. The van der Waals surface area contributed by atoms with Crippen LogP contribution in [-0.4, -0.2) is 30.2 Å². The summed E-state index contributed by atoms with van der Waals surface area (Å²) < 4.78 is 0. The molecule has 0 fully saturated rings. The van der Waals surface area contributed by atoms with E-state index in [9.17, 15) is 0 Å². The minimum atomic E-state index is 0.233. The van der Waals surface area contributed by atoms with E-state index < -0.39 is 0 Å². The third kappa shape index (κ3) is 2.22. The Morgan fingerprint density at radius 2 is 1.95 bits per heavy atom. The van der Waals surface area contributed by atoms with Crippen LogP contribution in [0.25, 0.3) is 17.3 Å². The molecule has 20 heavy (non-hydrogen) atoms. The summed E-state index contributed by atoms with van der Waals surface area (Å²) in [5.41, 5.74) is 1.79. The fourth-order valence-electron chi connectivity index (χ4n) is 1.70. The first-order chi connectivity index (χ1) is 9.76. The largest absolute Gasteiger partial charge is 0.272 e. The second kappa shape index (κ2) is 4.85. The van der Waals surface area contributed by atoms with Crippen LogP contribution in [0.1, 0.15) is 11.4 Å². The molecule has 0 aliphatic heterocycles. The van der Waals surface area contributed by atoms with Crippen molar-refractivity contribution in [1.29, 1.82) is 5.26 Å². The molecule has 2 aromatic heterocycles. The predicted octanol–water partition coefficient (Wildman–Crippen LogP) is 1.30. The van der Waals surface area contributed by atoms with Gasteiger partial charge in [-0.1, -0.05) is 35.1 Å². The van der Waals surface area contributed by atoms with E-state index in [2.05, 4.69) is 25.4 Å². The summed E-state index contributed by atoms with van der Waals surface area (Å²) in [5.74, 6) is 0.713. The highest BCUT2D eigenvalue weighted by atomic mass is 15.6. The molecule has 0 atom stereocenters. The van der Waals surface area contributed by atoms with Gasteiger partial charge in [0.1, 0.15) is 11.8 Å². The Morgan fingerprint density at radius 3 is 2.70 bits per heavy atom. The molecule has 7 nitrogen and oxygen atoms in total. The van der Waals surface area contributed by atoms with Gasteiger partial charge in [0.2, 0.25) is 5.82 Å². The van der Waals surface area contributed by atoms with E-state index >= 15 is 0 Å². The van der Waals surface area contributed by atoms with Gasteiger partial charge < -0.3 is 0 Å². The Bertz CT molecular complexity index is 786. The van der Waals surface area contributed by atoms with E-state index in [4.69, 9.17) is 5.26 Å². The lowest BCUT2D eigenvalue weighted by atomic mass is 10.2. The number of aryl methyl sites for hydroxylation is 1. The van der Waals surface area contributed by atoms with Crippen LogP contribution in [0.4, 0.5) is 0 Å². The number of hydrogen-bond donors (Lipinski definition) is 0. The van der Waals surface area contributed by atoms with Gasteiger partial charge in [0.05, 0.1) is 0 Å². The molecule has 0 bridgehead atoms. The zero-order chi connectivity index (χ0) is 13.9. The molecule has 0 unspecified atom stereocenters. The Morgan fingerprint density at radius 1 is 1.15 bits per heavy atom. The molecule has 0 saturated heterocycles. The zero-order valence-corrected chi connectivity index (χ0v) is 10.6. The van der Waals surface area contributed by atoms with E-state index in [0.29, 0.717) is 11.5 Å². The van der Waals surface area contributed by atoms with Crippen LogP contribution < -0.4 is 0 Å². The number of rotatable bonds is 2. The van der Waals surface area contributed by atoms with Gasteiger partial charge in [0.15, 0.2) is 0 Å². The smallest absolute Gasteiger partial charge is 0.215 e. The third-order valence-electron chi connectivity index (χ3n) is 2.58. The van der Waals surface area contributed by atoms with Crippen molar-refractivity contribution in [3.8, 4) is 23.4 Å². The number of tetrazole rings is 1. The molecule has 0 N–H and O–H groups in total. The first kappa shape index (κ1) is 11.9. The molecule has 0 radical (unpaired) electrons. The topological polar surface area (TPSA) is 93.2 Å².